The maximum absolute atomic E-state index is 14.2. The summed E-state index contributed by atoms with van der Waals surface area (Å²) in [7, 11) is 0. The van der Waals surface area contributed by atoms with Gasteiger partial charge in [0.15, 0.2) is 11.6 Å². The quantitative estimate of drug-likeness (QED) is 0.735. The number of ether oxygens (including phenoxy) is 1. The standard InChI is InChI=1S/C20H16FN3O/c21-19-10-17(6-7-20(19)25-18-5-2-8-23-14-18)13-24-12-16-4-1-3-15(9-16)11-22/h1-10,14,24H,12-13H2. The Hall–Kier alpha value is -3.23. The van der Waals surface area contributed by atoms with E-state index in [-0.39, 0.29) is 5.75 Å². The van der Waals surface area contributed by atoms with Crippen molar-refractivity contribution >= 4 is 0 Å². The van der Waals surface area contributed by atoms with E-state index >= 15 is 0 Å². The molecule has 0 amide bonds. The first-order valence-corrected chi connectivity index (χ1v) is 7.80. The number of nitriles is 1. The molecule has 0 saturated carbocycles. The van der Waals surface area contributed by atoms with Gasteiger partial charge in [0.1, 0.15) is 5.75 Å². The van der Waals surface area contributed by atoms with Gasteiger partial charge in [-0.3, -0.25) is 4.98 Å². The molecular weight excluding hydrogens is 317 g/mol. The van der Waals surface area contributed by atoms with Crippen LogP contribution in [0.25, 0.3) is 0 Å². The van der Waals surface area contributed by atoms with E-state index in [4.69, 9.17) is 10.00 Å². The van der Waals surface area contributed by atoms with Gasteiger partial charge in [0, 0.05) is 19.3 Å². The summed E-state index contributed by atoms with van der Waals surface area (Å²) >= 11 is 0. The average molecular weight is 333 g/mol. The van der Waals surface area contributed by atoms with Crippen LogP contribution in [-0.4, -0.2) is 4.98 Å². The van der Waals surface area contributed by atoms with Crippen molar-refractivity contribution in [3.05, 3.63) is 89.5 Å². The number of hydrogen-bond acceptors (Lipinski definition) is 4. The van der Waals surface area contributed by atoms with E-state index in [1.807, 2.05) is 24.3 Å². The molecule has 0 aliphatic carbocycles. The fraction of sp³-hybridized carbons (Fsp3) is 0.100. The second-order valence-electron chi connectivity index (χ2n) is 5.47. The zero-order chi connectivity index (χ0) is 17.5. The molecule has 0 aliphatic rings. The minimum Gasteiger partial charge on any atom is -0.453 e. The lowest BCUT2D eigenvalue weighted by Gasteiger charge is -2.09. The highest BCUT2D eigenvalue weighted by atomic mass is 19.1. The van der Waals surface area contributed by atoms with Crippen LogP contribution in [0.3, 0.4) is 0 Å². The molecule has 1 N–H and O–H groups in total. The highest BCUT2D eigenvalue weighted by Crippen LogP contribution is 2.24. The SMILES string of the molecule is N#Cc1cccc(CNCc2ccc(Oc3cccnc3)c(F)c2)c1. The van der Waals surface area contributed by atoms with Crippen molar-refractivity contribution in [3.63, 3.8) is 0 Å². The summed E-state index contributed by atoms with van der Waals surface area (Å²) in [4.78, 5) is 3.93. The average Bonchev–Trinajstić information content (AvgIpc) is 2.65. The lowest BCUT2D eigenvalue weighted by Crippen LogP contribution is -2.12. The van der Waals surface area contributed by atoms with Crippen molar-refractivity contribution in [3.8, 4) is 17.6 Å². The zero-order valence-corrected chi connectivity index (χ0v) is 13.4. The normalized spacial score (nSPS) is 10.2. The maximum Gasteiger partial charge on any atom is 0.166 e. The molecule has 0 saturated heterocycles. The molecule has 0 fully saturated rings. The summed E-state index contributed by atoms with van der Waals surface area (Å²) in [6, 6.07) is 17.8. The second kappa shape index (κ2) is 8.04. The van der Waals surface area contributed by atoms with Crippen LogP contribution >= 0.6 is 0 Å². The second-order valence-corrected chi connectivity index (χ2v) is 5.47. The molecule has 0 unspecified atom stereocenters. The van der Waals surface area contributed by atoms with Crippen LogP contribution in [0.4, 0.5) is 4.39 Å². The molecule has 25 heavy (non-hydrogen) atoms. The number of halogens is 1. The van der Waals surface area contributed by atoms with Crippen LogP contribution in [0, 0.1) is 17.1 Å². The Labute approximate surface area is 145 Å². The third kappa shape index (κ3) is 4.63. The number of hydrogen-bond donors (Lipinski definition) is 1. The van der Waals surface area contributed by atoms with E-state index in [1.54, 1.807) is 30.5 Å². The number of pyridine rings is 1. The molecule has 1 aromatic heterocycles. The summed E-state index contributed by atoms with van der Waals surface area (Å²) in [6.45, 7) is 1.12. The van der Waals surface area contributed by atoms with Gasteiger partial charge >= 0.3 is 0 Å². The molecule has 124 valence electrons. The molecule has 0 atom stereocenters. The number of nitrogens with one attached hydrogen (secondary N) is 1. The Kier molecular flexibility index (Phi) is 5.35. The molecule has 1 heterocycles. The van der Waals surface area contributed by atoms with E-state index < -0.39 is 5.82 Å². The van der Waals surface area contributed by atoms with Crippen LogP contribution in [0.1, 0.15) is 16.7 Å². The van der Waals surface area contributed by atoms with Gasteiger partial charge < -0.3 is 10.1 Å². The smallest absolute Gasteiger partial charge is 0.166 e. The van der Waals surface area contributed by atoms with Crippen LogP contribution < -0.4 is 10.1 Å². The summed E-state index contributed by atoms with van der Waals surface area (Å²) in [5.41, 5.74) is 2.45. The maximum atomic E-state index is 14.2. The lowest BCUT2D eigenvalue weighted by atomic mass is 10.1. The predicted octanol–water partition coefficient (Wildman–Crippen LogP) is 4.17. The van der Waals surface area contributed by atoms with Gasteiger partial charge in [-0.25, -0.2) is 4.39 Å². The summed E-state index contributed by atoms with van der Waals surface area (Å²) in [5, 5.41) is 12.1. The highest BCUT2D eigenvalue weighted by Gasteiger charge is 2.06. The highest BCUT2D eigenvalue weighted by molar-refractivity contribution is 5.34. The van der Waals surface area contributed by atoms with Gasteiger partial charge in [0.2, 0.25) is 0 Å². The van der Waals surface area contributed by atoms with Gasteiger partial charge in [-0.2, -0.15) is 5.26 Å². The van der Waals surface area contributed by atoms with E-state index in [2.05, 4.69) is 16.4 Å². The van der Waals surface area contributed by atoms with E-state index in [1.165, 1.54) is 12.3 Å². The molecule has 0 radical (unpaired) electrons. The fourth-order valence-electron chi connectivity index (χ4n) is 2.37. The Balaban J connectivity index is 1.58. The Morgan fingerprint density at radius 1 is 1.04 bits per heavy atom. The number of nitrogens with zero attached hydrogens (tertiary/aromatic N) is 2. The number of benzene rings is 2. The molecule has 0 bridgehead atoms. The van der Waals surface area contributed by atoms with Crippen LogP contribution in [0.5, 0.6) is 11.5 Å². The van der Waals surface area contributed by atoms with Gasteiger partial charge in [0.25, 0.3) is 0 Å². The van der Waals surface area contributed by atoms with E-state index in [0.717, 1.165) is 11.1 Å². The Bertz CT molecular complexity index is 891. The first-order valence-electron chi connectivity index (χ1n) is 7.80. The topological polar surface area (TPSA) is 57.9 Å². The van der Waals surface area contributed by atoms with Gasteiger partial charge in [-0.15, -0.1) is 0 Å². The van der Waals surface area contributed by atoms with E-state index in [0.29, 0.717) is 24.4 Å². The molecule has 0 aliphatic heterocycles. The molecule has 5 heteroatoms. The third-order valence-electron chi connectivity index (χ3n) is 3.57. The van der Waals surface area contributed by atoms with Gasteiger partial charge in [0.05, 0.1) is 17.8 Å². The van der Waals surface area contributed by atoms with Crippen LogP contribution in [-0.2, 0) is 13.1 Å². The minimum absolute atomic E-state index is 0.165. The van der Waals surface area contributed by atoms with Crippen molar-refractivity contribution in [2.24, 2.45) is 0 Å². The first kappa shape index (κ1) is 16.6. The van der Waals surface area contributed by atoms with E-state index in [9.17, 15) is 4.39 Å². The zero-order valence-electron chi connectivity index (χ0n) is 13.4. The summed E-state index contributed by atoms with van der Waals surface area (Å²) in [5.74, 6) is 0.234. The molecule has 3 aromatic rings. The largest absolute Gasteiger partial charge is 0.453 e. The predicted molar refractivity (Wildman–Crippen MR) is 92.4 cm³/mol. The number of aromatic nitrogens is 1. The van der Waals surface area contributed by atoms with Gasteiger partial charge in [-0.1, -0.05) is 18.2 Å². The molecule has 2 aromatic carbocycles. The van der Waals surface area contributed by atoms with Crippen LogP contribution in [0.15, 0.2) is 67.0 Å². The molecular formula is C20H16FN3O. The van der Waals surface area contributed by atoms with Crippen LogP contribution in [0.2, 0.25) is 0 Å². The molecule has 3 rings (SSSR count). The van der Waals surface area contributed by atoms with Crippen molar-refractivity contribution in [1.29, 1.82) is 5.26 Å². The van der Waals surface area contributed by atoms with Crippen molar-refractivity contribution in [2.75, 3.05) is 0 Å². The van der Waals surface area contributed by atoms with Crippen molar-refractivity contribution < 1.29 is 9.13 Å². The fourth-order valence-corrected chi connectivity index (χ4v) is 2.37. The van der Waals surface area contributed by atoms with Gasteiger partial charge in [-0.05, 0) is 47.5 Å². The Morgan fingerprint density at radius 2 is 1.88 bits per heavy atom. The summed E-state index contributed by atoms with van der Waals surface area (Å²) < 4.78 is 19.7. The lowest BCUT2D eigenvalue weighted by molar-refractivity contribution is 0.439. The summed E-state index contributed by atoms with van der Waals surface area (Å²) in [6.07, 6.45) is 3.16. The third-order valence-corrected chi connectivity index (χ3v) is 3.57. The minimum atomic E-state index is -0.422. The first-order chi connectivity index (χ1) is 12.2. The van der Waals surface area contributed by atoms with Crippen molar-refractivity contribution in [1.82, 2.24) is 10.3 Å². The van der Waals surface area contributed by atoms with Crippen molar-refractivity contribution in [2.45, 2.75) is 13.1 Å². The molecule has 0 spiro atoms. The monoisotopic (exact) mass is 333 g/mol. The Morgan fingerprint density at radius 3 is 2.60 bits per heavy atom. The number of rotatable bonds is 6. The molecule has 4 nitrogen and oxygen atoms in total.